The van der Waals surface area contributed by atoms with Crippen molar-refractivity contribution in [1.82, 2.24) is 4.57 Å². The number of hydrogen-bond donors (Lipinski definition) is 0. The zero-order valence-corrected chi connectivity index (χ0v) is 16.5. The molecule has 0 N–H and O–H groups in total. The van der Waals surface area contributed by atoms with Crippen LogP contribution in [-0.2, 0) is 4.74 Å². The molecule has 0 spiro atoms. The van der Waals surface area contributed by atoms with E-state index in [4.69, 9.17) is 9.47 Å². The van der Waals surface area contributed by atoms with Crippen molar-refractivity contribution >= 4 is 28.6 Å². The van der Waals surface area contributed by atoms with Crippen LogP contribution in [0.4, 0.5) is 13.2 Å². The average Bonchev–Trinajstić information content (AvgIpc) is 2.72. The van der Waals surface area contributed by atoms with E-state index in [-0.39, 0.29) is 17.2 Å². The lowest BCUT2D eigenvalue weighted by molar-refractivity contribution is 0.0519. The number of nitrogens with zero attached hydrogens (tertiary/aromatic N) is 1. The Balaban J connectivity index is 2.54. The number of benzene rings is 2. The first kappa shape index (κ1) is 20.8. The maximum absolute atomic E-state index is 14.8. The molecule has 0 aliphatic heterocycles. The van der Waals surface area contributed by atoms with Gasteiger partial charge in [-0.15, -0.1) is 11.8 Å². The minimum Gasteiger partial charge on any atom is -0.497 e. The van der Waals surface area contributed by atoms with E-state index >= 15 is 0 Å². The van der Waals surface area contributed by atoms with Crippen molar-refractivity contribution in [2.24, 2.45) is 0 Å². The normalized spacial score (nSPS) is 11.0. The highest BCUT2D eigenvalue weighted by Crippen LogP contribution is 2.32. The summed E-state index contributed by atoms with van der Waals surface area (Å²) in [6.07, 6.45) is 1.57. The molecule has 3 aromatic rings. The number of ether oxygens (including phenoxy) is 2. The molecule has 0 saturated heterocycles. The number of fused-ring (bicyclic) bond motifs is 1. The van der Waals surface area contributed by atoms with Crippen LogP contribution < -0.4 is 10.2 Å². The van der Waals surface area contributed by atoms with E-state index in [0.717, 1.165) is 11.8 Å². The molecule has 0 unspecified atom stereocenters. The summed E-state index contributed by atoms with van der Waals surface area (Å²) in [5.41, 5.74) is -1.48. The smallest absolute Gasteiger partial charge is 0.344 e. The van der Waals surface area contributed by atoms with Gasteiger partial charge in [-0.1, -0.05) is 0 Å². The van der Waals surface area contributed by atoms with E-state index in [0.29, 0.717) is 17.5 Å². The highest BCUT2D eigenvalue weighted by molar-refractivity contribution is 7.98. The number of thioether (sulfide) groups is 1. The Hall–Kier alpha value is -2.94. The summed E-state index contributed by atoms with van der Waals surface area (Å²) in [5.74, 6) is -5.20. The van der Waals surface area contributed by atoms with E-state index in [9.17, 15) is 22.8 Å². The second-order valence-corrected chi connectivity index (χ2v) is 6.64. The fraction of sp³-hybridized carbons (Fsp3) is 0.200. The van der Waals surface area contributed by atoms with Crippen molar-refractivity contribution in [3.05, 3.63) is 63.6 Å². The third kappa shape index (κ3) is 3.46. The van der Waals surface area contributed by atoms with Crippen LogP contribution in [0.25, 0.3) is 16.6 Å². The molecular formula is C20H16F3NO4S. The van der Waals surface area contributed by atoms with Crippen LogP contribution in [0.3, 0.4) is 0 Å². The molecule has 2 aromatic carbocycles. The molecule has 0 aliphatic carbocycles. The zero-order chi connectivity index (χ0) is 21.3. The molecule has 0 aliphatic rings. The molecule has 5 nitrogen and oxygen atoms in total. The molecule has 0 atom stereocenters. The molecule has 9 heteroatoms. The first-order chi connectivity index (χ1) is 13.8. The first-order valence-electron chi connectivity index (χ1n) is 8.47. The number of esters is 1. The number of halogens is 3. The van der Waals surface area contributed by atoms with Crippen molar-refractivity contribution in [2.45, 2.75) is 11.9 Å². The Morgan fingerprint density at radius 1 is 1.14 bits per heavy atom. The zero-order valence-electron chi connectivity index (χ0n) is 15.7. The van der Waals surface area contributed by atoms with E-state index in [1.807, 2.05) is 0 Å². The van der Waals surface area contributed by atoms with Crippen LogP contribution in [-0.4, -0.2) is 30.5 Å². The van der Waals surface area contributed by atoms with Gasteiger partial charge in [0.25, 0.3) is 0 Å². The molecule has 29 heavy (non-hydrogen) atoms. The summed E-state index contributed by atoms with van der Waals surface area (Å²) in [4.78, 5) is 25.4. The topological polar surface area (TPSA) is 57.5 Å². The molecule has 1 heterocycles. The largest absolute Gasteiger partial charge is 0.497 e. The highest BCUT2D eigenvalue weighted by Gasteiger charge is 2.28. The van der Waals surface area contributed by atoms with Crippen LogP contribution in [0.5, 0.6) is 5.75 Å². The molecule has 0 bridgehead atoms. The van der Waals surface area contributed by atoms with Gasteiger partial charge in [0.2, 0.25) is 5.43 Å². The number of methoxy groups -OCH3 is 1. The fourth-order valence-corrected chi connectivity index (χ4v) is 3.74. The predicted octanol–water partition coefficient (Wildman–Crippen LogP) is 4.32. The van der Waals surface area contributed by atoms with Gasteiger partial charge in [-0.25, -0.2) is 18.0 Å². The molecule has 0 amide bonds. The van der Waals surface area contributed by atoms with Gasteiger partial charge in [-0.2, -0.15) is 0 Å². The quantitative estimate of drug-likeness (QED) is 0.348. The minimum absolute atomic E-state index is 0.00118. The summed E-state index contributed by atoms with van der Waals surface area (Å²) in [6, 6.07) is 6.82. The van der Waals surface area contributed by atoms with E-state index in [2.05, 4.69) is 0 Å². The number of carbonyl (C=O) groups excluding carboxylic acids is 1. The summed E-state index contributed by atoms with van der Waals surface area (Å²) in [5, 5.41) is -0.436. The monoisotopic (exact) mass is 423 g/mol. The van der Waals surface area contributed by atoms with Crippen LogP contribution in [0, 0.1) is 17.5 Å². The Bertz CT molecular complexity index is 1160. The van der Waals surface area contributed by atoms with Gasteiger partial charge in [0.15, 0.2) is 17.5 Å². The third-order valence-electron chi connectivity index (χ3n) is 4.25. The lowest BCUT2D eigenvalue weighted by Gasteiger charge is -2.19. The van der Waals surface area contributed by atoms with E-state index in [1.165, 1.54) is 23.8 Å². The Morgan fingerprint density at radius 2 is 1.79 bits per heavy atom. The second kappa shape index (κ2) is 8.20. The summed E-state index contributed by atoms with van der Waals surface area (Å²) >= 11 is 0.977. The molecule has 152 valence electrons. The molecule has 0 saturated carbocycles. The van der Waals surface area contributed by atoms with E-state index < -0.39 is 39.8 Å². The molecule has 1 aromatic heterocycles. The number of hydrogen-bond acceptors (Lipinski definition) is 5. The summed E-state index contributed by atoms with van der Waals surface area (Å²) < 4.78 is 54.0. The highest BCUT2D eigenvalue weighted by atomic mass is 32.2. The van der Waals surface area contributed by atoms with Crippen LogP contribution in [0.2, 0.25) is 0 Å². The third-order valence-corrected chi connectivity index (χ3v) is 5.03. The number of carbonyl (C=O) groups is 1. The maximum atomic E-state index is 14.8. The summed E-state index contributed by atoms with van der Waals surface area (Å²) in [7, 11) is 1.47. The van der Waals surface area contributed by atoms with Crippen LogP contribution >= 0.6 is 11.8 Å². The van der Waals surface area contributed by atoms with Gasteiger partial charge in [-0.05, 0) is 43.5 Å². The number of aromatic nitrogens is 1. The Labute approximate surface area is 168 Å². The second-order valence-electron chi connectivity index (χ2n) is 5.85. The van der Waals surface area contributed by atoms with Gasteiger partial charge >= 0.3 is 5.97 Å². The van der Waals surface area contributed by atoms with Gasteiger partial charge < -0.3 is 14.0 Å². The first-order valence-corrected chi connectivity index (χ1v) is 9.69. The summed E-state index contributed by atoms with van der Waals surface area (Å²) in [6.45, 7) is 1.56. The Morgan fingerprint density at radius 3 is 2.34 bits per heavy atom. The Kier molecular flexibility index (Phi) is 5.88. The molecule has 3 rings (SSSR count). The van der Waals surface area contributed by atoms with Crippen molar-refractivity contribution in [2.75, 3.05) is 20.0 Å². The number of pyridine rings is 1. The minimum atomic E-state index is -1.71. The lowest BCUT2D eigenvalue weighted by atomic mass is 10.1. The lowest BCUT2D eigenvalue weighted by Crippen LogP contribution is -2.24. The average molecular weight is 423 g/mol. The van der Waals surface area contributed by atoms with Crippen LogP contribution in [0.15, 0.2) is 40.2 Å². The predicted molar refractivity (Wildman–Crippen MR) is 104 cm³/mol. The van der Waals surface area contributed by atoms with Crippen molar-refractivity contribution in [3.63, 3.8) is 0 Å². The van der Waals surface area contributed by atoms with Crippen LogP contribution in [0.1, 0.15) is 17.3 Å². The fourth-order valence-electron chi connectivity index (χ4n) is 2.98. The number of rotatable bonds is 5. The SMILES string of the molecule is CCOC(=O)c1c(SC)n(-c2ccc(OC)cc2)c2c(F)c(F)c(F)cc2c1=O. The van der Waals surface area contributed by atoms with Gasteiger partial charge in [0.1, 0.15) is 11.3 Å². The van der Waals surface area contributed by atoms with Gasteiger partial charge in [0, 0.05) is 5.69 Å². The molecule has 0 fully saturated rings. The van der Waals surface area contributed by atoms with Gasteiger partial charge in [-0.3, -0.25) is 4.79 Å². The maximum Gasteiger partial charge on any atom is 0.344 e. The standard InChI is InChI=1S/C20H16F3NO4S/c1-4-28-20(26)14-18(25)12-9-13(21)15(22)16(23)17(12)24(19(14)29-3)10-5-7-11(27-2)8-6-10/h5-9H,4H2,1-3H3. The van der Waals surface area contributed by atoms with Crippen molar-refractivity contribution in [1.29, 1.82) is 0 Å². The molecule has 0 radical (unpaired) electrons. The van der Waals surface area contributed by atoms with Gasteiger partial charge in [0.05, 0.1) is 29.6 Å². The molecular weight excluding hydrogens is 407 g/mol. The van der Waals surface area contributed by atoms with E-state index in [1.54, 1.807) is 25.3 Å². The van der Waals surface area contributed by atoms with Crippen molar-refractivity contribution in [3.8, 4) is 11.4 Å². The van der Waals surface area contributed by atoms with Crippen molar-refractivity contribution < 1.29 is 27.4 Å².